The molecule has 0 unspecified atom stereocenters. The summed E-state index contributed by atoms with van der Waals surface area (Å²) in [5.41, 5.74) is 4.73. The Labute approximate surface area is 176 Å². The average Bonchev–Trinajstić information content (AvgIpc) is 3.42. The summed E-state index contributed by atoms with van der Waals surface area (Å²) < 4.78 is 29.1. The van der Waals surface area contributed by atoms with Crippen LogP contribution in [0.15, 0.2) is 39.5 Å². The number of nitrogens with one attached hydrogen (secondary N) is 1. The number of rotatable bonds is 4. The number of halogens is 1. The van der Waals surface area contributed by atoms with E-state index >= 15 is 0 Å². The predicted octanol–water partition coefficient (Wildman–Crippen LogP) is 3.69. The molecule has 0 bridgehead atoms. The highest BCUT2D eigenvalue weighted by Gasteiger charge is 2.33. The molecule has 2 amide bonds. The third-order valence-electron chi connectivity index (χ3n) is 5.60. The predicted molar refractivity (Wildman–Crippen MR) is 108 cm³/mol. The van der Waals surface area contributed by atoms with Crippen LogP contribution in [0.3, 0.4) is 0 Å². The first-order chi connectivity index (χ1) is 15.0. The van der Waals surface area contributed by atoms with Crippen molar-refractivity contribution in [1.82, 2.24) is 10.5 Å². The lowest BCUT2D eigenvalue weighted by Gasteiger charge is -2.15. The molecule has 5 rings (SSSR count). The van der Waals surface area contributed by atoms with E-state index in [1.165, 1.54) is 19.3 Å². The largest absolute Gasteiger partial charge is 0.442 e. The highest BCUT2D eigenvalue weighted by Crippen LogP contribution is 2.39. The van der Waals surface area contributed by atoms with Crippen molar-refractivity contribution in [2.45, 2.75) is 32.3 Å². The van der Waals surface area contributed by atoms with Crippen LogP contribution in [0.25, 0.3) is 22.6 Å². The molecular formula is C22H20FN3O5. The van der Waals surface area contributed by atoms with E-state index < -0.39 is 18.2 Å². The number of furan rings is 1. The van der Waals surface area contributed by atoms with Crippen LogP contribution in [0.4, 0.5) is 14.9 Å². The molecule has 3 heterocycles. The number of aromatic nitrogens is 1. The summed E-state index contributed by atoms with van der Waals surface area (Å²) in [6.45, 7) is 2.07. The van der Waals surface area contributed by atoms with Crippen molar-refractivity contribution in [2.75, 3.05) is 18.0 Å². The maximum atomic E-state index is 13.3. The molecule has 2 aromatic heterocycles. The van der Waals surface area contributed by atoms with Gasteiger partial charge in [0.2, 0.25) is 5.91 Å². The van der Waals surface area contributed by atoms with Gasteiger partial charge in [0.15, 0.2) is 5.76 Å². The molecule has 160 valence electrons. The zero-order chi connectivity index (χ0) is 21.5. The lowest BCUT2D eigenvalue weighted by Crippen LogP contribution is -2.33. The molecule has 8 nitrogen and oxygen atoms in total. The Balaban J connectivity index is 1.43. The molecule has 0 spiro atoms. The molecule has 3 aromatic rings. The number of hydrogen-bond donors (Lipinski definition) is 1. The van der Waals surface area contributed by atoms with Crippen LogP contribution in [0.5, 0.6) is 0 Å². The van der Waals surface area contributed by atoms with Gasteiger partial charge in [-0.25, -0.2) is 4.79 Å². The Morgan fingerprint density at radius 2 is 2.19 bits per heavy atom. The van der Waals surface area contributed by atoms with Crippen molar-refractivity contribution in [3.8, 4) is 22.6 Å². The van der Waals surface area contributed by atoms with Gasteiger partial charge in [0.05, 0.1) is 13.1 Å². The van der Waals surface area contributed by atoms with Crippen molar-refractivity contribution >= 4 is 17.7 Å². The fourth-order valence-electron chi connectivity index (χ4n) is 4.14. The molecule has 1 saturated heterocycles. The van der Waals surface area contributed by atoms with Gasteiger partial charge in [0.1, 0.15) is 18.1 Å². The first-order valence-corrected chi connectivity index (χ1v) is 10.1. The molecule has 2 aliphatic rings. The fraction of sp³-hybridized carbons (Fsp3) is 0.318. The van der Waals surface area contributed by atoms with Crippen molar-refractivity contribution in [3.05, 3.63) is 47.7 Å². The smallest absolute Gasteiger partial charge is 0.414 e. The average molecular weight is 425 g/mol. The number of cyclic esters (lactones) is 1. The Kier molecular flexibility index (Phi) is 4.72. The molecule has 31 heavy (non-hydrogen) atoms. The molecule has 1 atom stereocenters. The van der Waals surface area contributed by atoms with E-state index in [2.05, 4.69) is 10.5 Å². The number of carbonyl (C=O) groups excluding carboxylic acids is 2. The van der Waals surface area contributed by atoms with Crippen LogP contribution in [0.2, 0.25) is 0 Å². The summed E-state index contributed by atoms with van der Waals surface area (Å²) >= 11 is 0. The topological polar surface area (TPSA) is 97.8 Å². The number of hydrogen-bond acceptors (Lipinski definition) is 6. The van der Waals surface area contributed by atoms with Gasteiger partial charge in [0, 0.05) is 35.4 Å². The van der Waals surface area contributed by atoms with Gasteiger partial charge >= 0.3 is 6.09 Å². The third-order valence-corrected chi connectivity index (χ3v) is 5.60. The number of fused-ring (bicyclic) bond motifs is 3. The highest BCUT2D eigenvalue weighted by molar-refractivity contribution is 5.90. The van der Waals surface area contributed by atoms with Crippen LogP contribution in [-0.2, 0) is 22.4 Å². The molecule has 1 fully saturated rings. The molecule has 1 aliphatic carbocycles. The minimum atomic E-state index is -0.667. The number of benzene rings is 1. The summed E-state index contributed by atoms with van der Waals surface area (Å²) in [5, 5.41) is 6.83. The fourth-order valence-corrected chi connectivity index (χ4v) is 4.14. The second-order valence-electron chi connectivity index (χ2n) is 7.73. The summed E-state index contributed by atoms with van der Waals surface area (Å²) in [6.07, 6.45) is 2.88. The summed E-state index contributed by atoms with van der Waals surface area (Å²) in [4.78, 5) is 25.0. The minimum Gasteiger partial charge on any atom is -0.442 e. The van der Waals surface area contributed by atoms with E-state index in [0.717, 1.165) is 41.6 Å². The van der Waals surface area contributed by atoms with Crippen molar-refractivity contribution in [1.29, 1.82) is 0 Å². The van der Waals surface area contributed by atoms with Crippen LogP contribution in [0, 0.1) is 6.01 Å². The van der Waals surface area contributed by atoms with E-state index in [9.17, 15) is 14.0 Å². The highest BCUT2D eigenvalue weighted by atomic mass is 19.1. The Hall–Kier alpha value is -3.62. The standard InChI is InChI=1S/C22H20FN3O5/c1-12(27)24-9-16-10-26(22(28)30-16)15-5-6-17-13(7-15)3-2-4-18-20(25-31-21(17)18)14-8-19(23)29-11-14/h5-8,11,16H,2-4,9-10H2,1H3,(H,24,27)/t16-/m0/s1. The lowest BCUT2D eigenvalue weighted by atomic mass is 10.0. The summed E-state index contributed by atoms with van der Waals surface area (Å²) in [6, 6.07) is 6.35. The number of anilines is 1. The monoisotopic (exact) mass is 425 g/mol. The van der Waals surface area contributed by atoms with Crippen molar-refractivity contribution < 1.29 is 27.7 Å². The Bertz CT molecular complexity index is 1170. The zero-order valence-corrected chi connectivity index (χ0v) is 16.8. The van der Waals surface area contributed by atoms with Gasteiger partial charge in [0.25, 0.3) is 6.01 Å². The summed E-state index contributed by atoms with van der Waals surface area (Å²) in [7, 11) is 0. The maximum Gasteiger partial charge on any atom is 0.414 e. The quantitative estimate of drug-likeness (QED) is 0.685. The molecule has 0 radical (unpaired) electrons. The third kappa shape index (κ3) is 3.56. The first-order valence-electron chi connectivity index (χ1n) is 10.1. The number of amides is 2. The molecule has 1 aromatic carbocycles. The van der Waals surface area contributed by atoms with Crippen molar-refractivity contribution in [3.63, 3.8) is 0 Å². The minimum absolute atomic E-state index is 0.167. The van der Waals surface area contributed by atoms with E-state index in [4.69, 9.17) is 13.7 Å². The lowest BCUT2D eigenvalue weighted by molar-refractivity contribution is -0.119. The van der Waals surface area contributed by atoms with E-state index in [1.54, 1.807) is 4.90 Å². The first kappa shape index (κ1) is 19.3. The van der Waals surface area contributed by atoms with Gasteiger partial charge < -0.3 is 19.0 Å². The maximum absolute atomic E-state index is 13.3. The van der Waals surface area contributed by atoms with Crippen molar-refractivity contribution in [2.24, 2.45) is 0 Å². The normalized spacial score (nSPS) is 17.7. The van der Waals surface area contributed by atoms with Gasteiger partial charge in [-0.05, 0) is 43.0 Å². The SMILES string of the molecule is CC(=O)NC[C@H]1CN(c2ccc3c(c2)CCCc2c(-c4coc(F)c4)noc2-3)C(=O)O1. The van der Waals surface area contributed by atoms with Gasteiger partial charge in [-0.2, -0.15) is 4.39 Å². The van der Waals surface area contributed by atoms with Gasteiger partial charge in [-0.3, -0.25) is 9.69 Å². The number of ether oxygens (including phenoxy) is 1. The van der Waals surface area contributed by atoms with E-state index in [0.29, 0.717) is 23.6 Å². The molecule has 0 saturated carbocycles. The molecule has 1 aliphatic heterocycles. The molecule has 9 heteroatoms. The molecule has 1 N–H and O–H groups in total. The Morgan fingerprint density at radius 1 is 1.32 bits per heavy atom. The number of carbonyl (C=O) groups is 2. The van der Waals surface area contributed by atoms with Crippen LogP contribution in [-0.4, -0.2) is 36.4 Å². The van der Waals surface area contributed by atoms with E-state index in [1.807, 2.05) is 18.2 Å². The van der Waals surface area contributed by atoms with E-state index in [-0.39, 0.29) is 12.5 Å². The van der Waals surface area contributed by atoms with Gasteiger partial charge in [-0.15, -0.1) is 0 Å². The number of nitrogens with zero attached hydrogens (tertiary/aromatic N) is 2. The zero-order valence-electron chi connectivity index (χ0n) is 16.8. The van der Waals surface area contributed by atoms with Crippen LogP contribution < -0.4 is 10.2 Å². The van der Waals surface area contributed by atoms with Gasteiger partial charge in [-0.1, -0.05) is 5.16 Å². The Morgan fingerprint density at radius 3 is 2.97 bits per heavy atom. The summed E-state index contributed by atoms with van der Waals surface area (Å²) in [5.74, 6) is 0.489. The van der Waals surface area contributed by atoms with Crippen LogP contribution in [0.1, 0.15) is 24.5 Å². The second-order valence-corrected chi connectivity index (χ2v) is 7.73. The van der Waals surface area contributed by atoms with Crippen LogP contribution >= 0.6 is 0 Å². The molecular weight excluding hydrogens is 405 g/mol. The second kappa shape index (κ2) is 7.57. The number of aryl methyl sites for hydroxylation is 1.